The molecule has 114 valence electrons. The van der Waals surface area contributed by atoms with Crippen LogP contribution in [0.25, 0.3) is 0 Å². The van der Waals surface area contributed by atoms with Crippen LogP contribution in [0.15, 0.2) is 17.2 Å². The molecular formula is C14H25N3O3. The van der Waals surface area contributed by atoms with E-state index in [4.69, 9.17) is 4.74 Å². The molecule has 1 aromatic rings. The van der Waals surface area contributed by atoms with Crippen molar-refractivity contribution < 1.29 is 9.84 Å². The predicted molar refractivity (Wildman–Crippen MR) is 78.9 cm³/mol. The summed E-state index contributed by atoms with van der Waals surface area (Å²) in [6.07, 6.45) is 3.76. The third-order valence-corrected chi connectivity index (χ3v) is 2.96. The molecule has 0 radical (unpaired) electrons. The lowest BCUT2D eigenvalue weighted by molar-refractivity contribution is 0.0356. The number of hydrogen-bond acceptors (Lipinski definition) is 5. The average molecular weight is 283 g/mol. The molecule has 1 rings (SSSR count). The topological polar surface area (TPSA) is 76.4 Å². The summed E-state index contributed by atoms with van der Waals surface area (Å²) in [5.74, 6) is 0.651. The Balaban J connectivity index is 2.71. The first-order chi connectivity index (χ1) is 9.35. The van der Waals surface area contributed by atoms with Crippen molar-refractivity contribution in [2.75, 3.05) is 25.6 Å². The van der Waals surface area contributed by atoms with Gasteiger partial charge in [0, 0.05) is 45.6 Å². The van der Waals surface area contributed by atoms with Crippen LogP contribution in [0.3, 0.4) is 0 Å². The fourth-order valence-electron chi connectivity index (χ4n) is 1.79. The highest BCUT2D eigenvalue weighted by Gasteiger charge is 2.20. The Bertz CT molecular complexity index is 469. The molecule has 0 fully saturated rings. The Morgan fingerprint density at radius 1 is 1.55 bits per heavy atom. The third-order valence-electron chi connectivity index (χ3n) is 2.96. The van der Waals surface area contributed by atoms with E-state index in [-0.39, 0.29) is 17.9 Å². The predicted octanol–water partition coefficient (Wildman–Crippen LogP) is 1.10. The van der Waals surface area contributed by atoms with Gasteiger partial charge in [-0.05, 0) is 12.8 Å². The quantitative estimate of drug-likeness (QED) is 0.747. The van der Waals surface area contributed by atoms with Crippen LogP contribution in [-0.4, -0.2) is 40.5 Å². The molecule has 0 aromatic carbocycles. The van der Waals surface area contributed by atoms with E-state index >= 15 is 0 Å². The second-order valence-corrected chi connectivity index (χ2v) is 5.72. The van der Waals surface area contributed by atoms with Crippen molar-refractivity contribution in [3.8, 4) is 0 Å². The monoisotopic (exact) mass is 283 g/mol. The second kappa shape index (κ2) is 7.40. The van der Waals surface area contributed by atoms with Gasteiger partial charge in [-0.2, -0.15) is 0 Å². The zero-order valence-corrected chi connectivity index (χ0v) is 12.7. The molecule has 0 aliphatic carbocycles. The van der Waals surface area contributed by atoms with Gasteiger partial charge in [-0.25, -0.2) is 4.98 Å². The Morgan fingerprint density at radius 3 is 2.85 bits per heavy atom. The maximum Gasteiger partial charge on any atom is 0.293 e. The van der Waals surface area contributed by atoms with Crippen LogP contribution in [0.1, 0.15) is 27.2 Å². The maximum atomic E-state index is 12.2. The molecule has 1 atom stereocenters. The highest BCUT2D eigenvalue weighted by atomic mass is 16.5. The van der Waals surface area contributed by atoms with Crippen molar-refractivity contribution in [2.45, 2.75) is 39.3 Å². The van der Waals surface area contributed by atoms with Gasteiger partial charge in [-0.1, -0.05) is 13.8 Å². The fraction of sp³-hybridized carbons (Fsp3) is 0.714. The Labute approximate surface area is 119 Å². The molecule has 6 heteroatoms. The van der Waals surface area contributed by atoms with Crippen molar-refractivity contribution in [1.29, 1.82) is 0 Å². The zero-order valence-electron chi connectivity index (χ0n) is 12.7. The second-order valence-electron chi connectivity index (χ2n) is 5.72. The standard InChI is InChI=1S/C14H25N3O3/c1-11(2)9-17-7-6-15-12(13(17)18)16-10-14(3,19)5-8-20-4/h6-7,11,19H,5,8-10H2,1-4H3,(H,15,16). The molecule has 1 aromatic heterocycles. The van der Waals surface area contributed by atoms with Crippen LogP contribution in [0.4, 0.5) is 5.82 Å². The van der Waals surface area contributed by atoms with Gasteiger partial charge in [0.15, 0.2) is 5.82 Å². The first kappa shape index (κ1) is 16.7. The number of nitrogens with one attached hydrogen (secondary N) is 1. The molecule has 2 N–H and O–H groups in total. The van der Waals surface area contributed by atoms with Crippen molar-refractivity contribution in [3.05, 3.63) is 22.7 Å². The average Bonchev–Trinajstić information content (AvgIpc) is 2.37. The van der Waals surface area contributed by atoms with Gasteiger partial charge in [-0.3, -0.25) is 4.79 Å². The first-order valence-electron chi connectivity index (χ1n) is 6.86. The van der Waals surface area contributed by atoms with Gasteiger partial charge in [0.05, 0.1) is 5.60 Å². The summed E-state index contributed by atoms with van der Waals surface area (Å²) in [6, 6.07) is 0. The lowest BCUT2D eigenvalue weighted by Crippen LogP contribution is -2.37. The van der Waals surface area contributed by atoms with Crippen LogP contribution in [0.5, 0.6) is 0 Å². The number of ether oxygens (including phenoxy) is 1. The molecule has 0 saturated heterocycles. The molecule has 1 heterocycles. The van der Waals surface area contributed by atoms with Crippen LogP contribution >= 0.6 is 0 Å². The summed E-state index contributed by atoms with van der Waals surface area (Å²) in [4.78, 5) is 16.2. The van der Waals surface area contributed by atoms with Crippen molar-refractivity contribution in [2.24, 2.45) is 5.92 Å². The summed E-state index contributed by atoms with van der Waals surface area (Å²) in [6.45, 7) is 7.18. The van der Waals surface area contributed by atoms with Gasteiger partial charge in [0.25, 0.3) is 5.56 Å². The number of hydrogen-bond donors (Lipinski definition) is 2. The maximum absolute atomic E-state index is 12.2. The van der Waals surface area contributed by atoms with Crippen LogP contribution in [0.2, 0.25) is 0 Å². The molecule has 0 spiro atoms. The van der Waals surface area contributed by atoms with Gasteiger partial charge >= 0.3 is 0 Å². The lowest BCUT2D eigenvalue weighted by atomic mass is 10.0. The summed E-state index contributed by atoms with van der Waals surface area (Å²) >= 11 is 0. The van der Waals surface area contributed by atoms with E-state index < -0.39 is 5.60 Å². The summed E-state index contributed by atoms with van der Waals surface area (Å²) in [7, 11) is 1.59. The van der Waals surface area contributed by atoms with Crippen molar-refractivity contribution in [1.82, 2.24) is 9.55 Å². The number of anilines is 1. The van der Waals surface area contributed by atoms with E-state index in [1.165, 1.54) is 0 Å². The number of methoxy groups -OCH3 is 1. The smallest absolute Gasteiger partial charge is 0.293 e. The largest absolute Gasteiger partial charge is 0.388 e. The Morgan fingerprint density at radius 2 is 2.25 bits per heavy atom. The summed E-state index contributed by atoms with van der Waals surface area (Å²) < 4.78 is 6.58. The van der Waals surface area contributed by atoms with Crippen molar-refractivity contribution >= 4 is 5.82 Å². The molecule has 20 heavy (non-hydrogen) atoms. The minimum Gasteiger partial charge on any atom is -0.388 e. The van der Waals surface area contributed by atoms with Crippen LogP contribution in [0, 0.1) is 5.92 Å². The van der Waals surface area contributed by atoms with Gasteiger partial charge in [0.2, 0.25) is 0 Å². The normalized spacial score (nSPS) is 14.3. The van der Waals surface area contributed by atoms with Gasteiger partial charge in [0.1, 0.15) is 0 Å². The first-order valence-corrected chi connectivity index (χ1v) is 6.86. The zero-order chi connectivity index (χ0) is 15.2. The highest BCUT2D eigenvalue weighted by Crippen LogP contribution is 2.09. The Hall–Kier alpha value is -1.40. The molecule has 0 aliphatic rings. The van der Waals surface area contributed by atoms with Crippen LogP contribution in [-0.2, 0) is 11.3 Å². The van der Waals surface area contributed by atoms with Crippen molar-refractivity contribution in [3.63, 3.8) is 0 Å². The fourth-order valence-corrected chi connectivity index (χ4v) is 1.79. The van der Waals surface area contributed by atoms with E-state index in [9.17, 15) is 9.90 Å². The number of rotatable bonds is 8. The van der Waals surface area contributed by atoms with Gasteiger partial charge in [-0.15, -0.1) is 0 Å². The number of nitrogens with zero attached hydrogens (tertiary/aromatic N) is 2. The van der Waals surface area contributed by atoms with E-state index in [2.05, 4.69) is 24.1 Å². The molecule has 0 saturated carbocycles. The Kier molecular flexibility index (Phi) is 6.16. The molecule has 0 aliphatic heterocycles. The summed E-state index contributed by atoms with van der Waals surface area (Å²) in [5, 5.41) is 13.1. The minimum atomic E-state index is -0.942. The molecule has 0 amide bonds. The third kappa shape index (κ3) is 5.30. The molecule has 6 nitrogen and oxygen atoms in total. The number of aliphatic hydroxyl groups is 1. The molecule has 1 unspecified atom stereocenters. The lowest BCUT2D eigenvalue weighted by Gasteiger charge is -2.23. The molecule has 0 bridgehead atoms. The van der Waals surface area contributed by atoms with Gasteiger partial charge < -0.3 is 19.7 Å². The van der Waals surface area contributed by atoms with E-state index in [1.54, 1.807) is 31.0 Å². The molecular weight excluding hydrogens is 258 g/mol. The number of aromatic nitrogens is 2. The highest BCUT2D eigenvalue weighted by molar-refractivity contribution is 5.31. The SMILES string of the molecule is COCCC(C)(O)CNc1nccn(CC(C)C)c1=O. The van der Waals surface area contributed by atoms with Crippen LogP contribution < -0.4 is 10.9 Å². The minimum absolute atomic E-state index is 0.163. The summed E-state index contributed by atoms with van der Waals surface area (Å²) in [5.41, 5.74) is -1.10. The van der Waals surface area contributed by atoms with E-state index in [1.807, 2.05) is 0 Å². The van der Waals surface area contributed by atoms with E-state index in [0.29, 0.717) is 25.5 Å². The van der Waals surface area contributed by atoms with E-state index in [0.717, 1.165) is 0 Å².